The highest BCUT2D eigenvalue weighted by Gasteiger charge is 2.25. The second kappa shape index (κ2) is 7.66. The van der Waals surface area contributed by atoms with Gasteiger partial charge in [-0.3, -0.25) is 9.59 Å². The SMILES string of the molecule is CC(C)CCC(C#N)CC(CC(=O)O)C(=O)O. The third-order valence-electron chi connectivity index (χ3n) is 2.61. The van der Waals surface area contributed by atoms with E-state index in [1.54, 1.807) is 0 Å². The van der Waals surface area contributed by atoms with E-state index in [4.69, 9.17) is 15.5 Å². The van der Waals surface area contributed by atoms with E-state index in [1.807, 2.05) is 13.8 Å². The van der Waals surface area contributed by atoms with Gasteiger partial charge >= 0.3 is 11.9 Å². The van der Waals surface area contributed by atoms with Gasteiger partial charge in [0.2, 0.25) is 0 Å². The van der Waals surface area contributed by atoms with E-state index in [0.717, 1.165) is 6.42 Å². The molecule has 2 N–H and O–H groups in total. The summed E-state index contributed by atoms with van der Waals surface area (Å²) in [5.41, 5.74) is 0. The van der Waals surface area contributed by atoms with Gasteiger partial charge < -0.3 is 10.2 Å². The predicted octanol–water partition coefficient (Wildman–Crippen LogP) is 2.13. The summed E-state index contributed by atoms with van der Waals surface area (Å²) in [6.45, 7) is 4.06. The largest absolute Gasteiger partial charge is 0.481 e. The van der Waals surface area contributed by atoms with Gasteiger partial charge in [0.1, 0.15) is 0 Å². The Balaban J connectivity index is 4.34. The number of carbonyl (C=O) groups is 2. The van der Waals surface area contributed by atoms with Crippen molar-refractivity contribution in [2.75, 3.05) is 0 Å². The number of nitrogens with zero attached hydrogens (tertiary/aromatic N) is 1. The van der Waals surface area contributed by atoms with E-state index in [2.05, 4.69) is 6.07 Å². The number of nitriles is 1. The van der Waals surface area contributed by atoms with Crippen LogP contribution in [-0.2, 0) is 9.59 Å². The smallest absolute Gasteiger partial charge is 0.307 e. The van der Waals surface area contributed by atoms with Crippen molar-refractivity contribution >= 4 is 11.9 Å². The molecule has 0 aliphatic heterocycles. The van der Waals surface area contributed by atoms with Gasteiger partial charge in [0.25, 0.3) is 0 Å². The van der Waals surface area contributed by atoms with Crippen molar-refractivity contribution in [2.24, 2.45) is 17.8 Å². The average Bonchev–Trinajstić information content (AvgIpc) is 2.21. The number of carboxylic acids is 2. The molecule has 0 heterocycles. The van der Waals surface area contributed by atoms with E-state index in [9.17, 15) is 9.59 Å². The number of hydrogen-bond acceptors (Lipinski definition) is 3. The van der Waals surface area contributed by atoms with Crippen LogP contribution >= 0.6 is 0 Å². The molecular weight excluding hydrogens is 222 g/mol. The van der Waals surface area contributed by atoms with Crippen molar-refractivity contribution in [3.63, 3.8) is 0 Å². The second-order valence-electron chi connectivity index (χ2n) is 4.67. The van der Waals surface area contributed by atoms with Gasteiger partial charge in [0.15, 0.2) is 0 Å². The maximum atomic E-state index is 10.9. The van der Waals surface area contributed by atoms with E-state index in [0.29, 0.717) is 12.3 Å². The highest BCUT2D eigenvalue weighted by Crippen LogP contribution is 2.21. The first kappa shape index (κ1) is 15.4. The van der Waals surface area contributed by atoms with Crippen molar-refractivity contribution in [1.29, 1.82) is 5.26 Å². The number of rotatable bonds is 8. The van der Waals surface area contributed by atoms with Crippen LogP contribution < -0.4 is 0 Å². The summed E-state index contributed by atoms with van der Waals surface area (Å²) in [7, 11) is 0. The lowest BCUT2D eigenvalue weighted by Gasteiger charge is -2.15. The number of hydrogen-bond donors (Lipinski definition) is 2. The Kier molecular flexibility index (Phi) is 6.95. The molecule has 0 saturated carbocycles. The molecule has 17 heavy (non-hydrogen) atoms. The molecule has 0 aromatic rings. The summed E-state index contributed by atoms with van der Waals surface area (Å²) in [4.78, 5) is 21.4. The fourth-order valence-corrected chi connectivity index (χ4v) is 1.60. The fourth-order valence-electron chi connectivity index (χ4n) is 1.60. The molecule has 0 fully saturated rings. The predicted molar refractivity (Wildman–Crippen MR) is 61.2 cm³/mol. The van der Waals surface area contributed by atoms with Crippen LogP contribution in [-0.4, -0.2) is 22.2 Å². The molecule has 0 aliphatic carbocycles. The quantitative estimate of drug-likeness (QED) is 0.678. The van der Waals surface area contributed by atoms with Gasteiger partial charge in [-0.05, 0) is 25.2 Å². The summed E-state index contributed by atoms with van der Waals surface area (Å²) in [6, 6.07) is 2.06. The molecular formula is C12H19NO4. The highest BCUT2D eigenvalue weighted by atomic mass is 16.4. The first-order chi connectivity index (χ1) is 7.86. The third-order valence-corrected chi connectivity index (χ3v) is 2.61. The molecule has 0 aromatic carbocycles. The first-order valence-corrected chi connectivity index (χ1v) is 5.71. The van der Waals surface area contributed by atoms with Crippen molar-refractivity contribution in [2.45, 2.75) is 39.5 Å². The standard InChI is InChI=1S/C12H19NO4/c1-8(2)3-4-9(7-13)5-10(12(16)17)6-11(14)15/h8-10H,3-6H2,1-2H3,(H,14,15)(H,16,17). The van der Waals surface area contributed by atoms with Crippen molar-refractivity contribution in [1.82, 2.24) is 0 Å². The molecule has 0 aliphatic rings. The Morgan fingerprint density at radius 1 is 1.24 bits per heavy atom. The zero-order valence-corrected chi connectivity index (χ0v) is 10.2. The first-order valence-electron chi connectivity index (χ1n) is 5.71. The second-order valence-corrected chi connectivity index (χ2v) is 4.67. The van der Waals surface area contributed by atoms with E-state index in [1.165, 1.54) is 0 Å². The van der Waals surface area contributed by atoms with Gasteiger partial charge in [0, 0.05) is 5.92 Å². The van der Waals surface area contributed by atoms with Gasteiger partial charge in [-0.2, -0.15) is 5.26 Å². The highest BCUT2D eigenvalue weighted by molar-refractivity contribution is 5.77. The van der Waals surface area contributed by atoms with E-state index in [-0.39, 0.29) is 12.3 Å². The Morgan fingerprint density at radius 3 is 2.18 bits per heavy atom. The normalized spacial score (nSPS) is 14.0. The third kappa shape index (κ3) is 7.34. The van der Waals surface area contributed by atoms with E-state index >= 15 is 0 Å². The van der Waals surface area contributed by atoms with Crippen LogP contribution in [0, 0.1) is 29.1 Å². The van der Waals surface area contributed by atoms with Crippen LogP contribution in [0.2, 0.25) is 0 Å². The molecule has 2 atom stereocenters. The maximum absolute atomic E-state index is 10.9. The lowest BCUT2D eigenvalue weighted by molar-refractivity contribution is -0.148. The Hall–Kier alpha value is -1.57. The molecule has 0 saturated heterocycles. The molecule has 5 nitrogen and oxygen atoms in total. The van der Waals surface area contributed by atoms with Gasteiger partial charge in [-0.25, -0.2) is 0 Å². The lowest BCUT2D eigenvalue weighted by atomic mass is 9.88. The van der Waals surface area contributed by atoms with Crippen LogP contribution in [0.4, 0.5) is 0 Å². The monoisotopic (exact) mass is 241 g/mol. The zero-order chi connectivity index (χ0) is 13.4. The minimum Gasteiger partial charge on any atom is -0.481 e. The summed E-state index contributed by atoms with van der Waals surface area (Å²) in [6.07, 6.45) is 1.16. The lowest BCUT2D eigenvalue weighted by Crippen LogP contribution is -2.21. The van der Waals surface area contributed by atoms with Crippen molar-refractivity contribution in [3.8, 4) is 6.07 Å². The summed E-state index contributed by atoms with van der Waals surface area (Å²) in [5, 5.41) is 26.4. The molecule has 0 radical (unpaired) electrons. The van der Waals surface area contributed by atoms with Crippen LogP contribution in [0.3, 0.4) is 0 Å². The molecule has 0 spiro atoms. The molecule has 0 bridgehead atoms. The Morgan fingerprint density at radius 2 is 1.82 bits per heavy atom. The van der Waals surface area contributed by atoms with E-state index < -0.39 is 24.3 Å². The minimum atomic E-state index is -1.14. The summed E-state index contributed by atoms with van der Waals surface area (Å²) in [5.74, 6) is -3.18. The molecule has 2 unspecified atom stereocenters. The zero-order valence-electron chi connectivity index (χ0n) is 10.2. The maximum Gasteiger partial charge on any atom is 0.307 e. The fraction of sp³-hybridized carbons (Fsp3) is 0.750. The molecule has 0 rings (SSSR count). The van der Waals surface area contributed by atoms with Crippen molar-refractivity contribution < 1.29 is 19.8 Å². The van der Waals surface area contributed by atoms with Crippen LogP contribution in [0.25, 0.3) is 0 Å². The average molecular weight is 241 g/mol. The van der Waals surface area contributed by atoms with Crippen LogP contribution in [0.15, 0.2) is 0 Å². The van der Waals surface area contributed by atoms with Gasteiger partial charge in [0.05, 0.1) is 18.4 Å². The molecule has 0 amide bonds. The van der Waals surface area contributed by atoms with Gasteiger partial charge in [-0.1, -0.05) is 13.8 Å². The number of carboxylic acid groups (broad SMARTS) is 2. The minimum absolute atomic E-state index is 0.116. The topological polar surface area (TPSA) is 98.4 Å². The summed E-state index contributed by atoms with van der Waals surface area (Å²) < 4.78 is 0. The van der Waals surface area contributed by atoms with Crippen molar-refractivity contribution in [3.05, 3.63) is 0 Å². The molecule has 96 valence electrons. The number of aliphatic carboxylic acids is 2. The van der Waals surface area contributed by atoms with Crippen LogP contribution in [0.1, 0.15) is 39.5 Å². The Bertz CT molecular complexity index is 306. The summed E-state index contributed by atoms with van der Waals surface area (Å²) >= 11 is 0. The Labute approximate surface area is 101 Å². The molecule has 0 aromatic heterocycles. The molecule has 5 heteroatoms. The van der Waals surface area contributed by atoms with Gasteiger partial charge in [-0.15, -0.1) is 0 Å². The van der Waals surface area contributed by atoms with Crippen LogP contribution in [0.5, 0.6) is 0 Å².